The molecule has 1 N–H and O–H groups in total. The summed E-state index contributed by atoms with van der Waals surface area (Å²) in [5.74, 6) is -0.400. The number of carbonyl (C=O) groups is 2. The molecule has 0 fully saturated rings. The van der Waals surface area contributed by atoms with Crippen LogP contribution in [0.25, 0.3) is 0 Å². The number of hydrogen-bond donors (Lipinski definition) is 1. The van der Waals surface area contributed by atoms with Gasteiger partial charge in [0.25, 0.3) is 0 Å². The normalized spacial score (nSPS) is 13.5. The van der Waals surface area contributed by atoms with Crippen molar-refractivity contribution in [2.75, 3.05) is 13.7 Å². The minimum atomic E-state index is -2.08. The molecule has 158 valence electrons. The predicted molar refractivity (Wildman–Crippen MR) is 117 cm³/mol. The van der Waals surface area contributed by atoms with Crippen LogP contribution in [0.3, 0.4) is 0 Å². The Morgan fingerprint density at radius 2 is 1.68 bits per heavy atom. The summed E-state index contributed by atoms with van der Waals surface area (Å²) >= 11 is 0. The highest BCUT2D eigenvalue weighted by Gasteiger charge is 2.43. The predicted octanol–water partition coefficient (Wildman–Crippen LogP) is 4.62. The Labute approximate surface area is 171 Å². The molecule has 0 heterocycles. The van der Waals surface area contributed by atoms with E-state index in [9.17, 15) is 9.59 Å². The van der Waals surface area contributed by atoms with Gasteiger partial charge < -0.3 is 14.8 Å². The van der Waals surface area contributed by atoms with E-state index in [1.165, 1.54) is 31.6 Å². The second kappa shape index (κ2) is 12.6. The first-order valence-corrected chi connectivity index (χ1v) is 13.5. The third kappa shape index (κ3) is 7.30. The van der Waals surface area contributed by atoms with Crippen molar-refractivity contribution in [3.63, 3.8) is 0 Å². The lowest BCUT2D eigenvalue weighted by molar-refractivity contribution is -0.143. The summed E-state index contributed by atoms with van der Waals surface area (Å²) in [6.07, 6.45) is 6.11. The van der Waals surface area contributed by atoms with Crippen LogP contribution < -0.4 is 10.5 Å². The summed E-state index contributed by atoms with van der Waals surface area (Å²) in [5.41, 5.74) is 0.0217. The Balaban J connectivity index is 3.12. The van der Waals surface area contributed by atoms with Crippen LogP contribution in [0.1, 0.15) is 52.4 Å². The molecule has 0 aliphatic heterocycles. The number of benzene rings is 1. The topological polar surface area (TPSA) is 64.6 Å². The van der Waals surface area contributed by atoms with Crippen LogP contribution in [-0.2, 0) is 14.3 Å². The first-order valence-electron chi connectivity index (χ1n) is 10.4. The molecule has 0 radical (unpaired) electrons. The molecule has 0 unspecified atom stereocenters. The largest absolute Gasteiger partial charge is 0.467 e. The van der Waals surface area contributed by atoms with Gasteiger partial charge in [-0.25, -0.2) is 9.59 Å². The van der Waals surface area contributed by atoms with Gasteiger partial charge in [0.2, 0.25) is 0 Å². The molecule has 6 heteroatoms. The second-order valence-electron chi connectivity index (χ2n) is 7.76. The number of nitrogens with one attached hydrogen (secondary N) is 1. The Hall–Kier alpha value is -1.82. The highest BCUT2D eigenvalue weighted by molar-refractivity contribution is 6.91. The van der Waals surface area contributed by atoms with Gasteiger partial charge in [0.1, 0.15) is 6.04 Å². The van der Waals surface area contributed by atoms with E-state index >= 15 is 0 Å². The zero-order chi connectivity index (χ0) is 21.0. The zero-order valence-corrected chi connectivity index (χ0v) is 19.1. The molecule has 0 aliphatic carbocycles. The maximum atomic E-state index is 12.6. The number of unbranched alkanes of at least 4 members (excludes halogenated alkanes) is 4. The molecule has 0 saturated heterocycles. The number of hydrogen-bond acceptors (Lipinski definition) is 4. The number of ether oxygens (including phenoxy) is 2. The minimum absolute atomic E-state index is 0.0217. The third-order valence-electron chi connectivity index (χ3n) is 5.47. The lowest BCUT2D eigenvalue weighted by atomic mass is 10.0. The monoisotopic (exact) mass is 407 g/mol. The average molecular weight is 408 g/mol. The molecule has 0 aliphatic rings. The molecule has 1 aromatic carbocycles. The van der Waals surface area contributed by atoms with Gasteiger partial charge in [0.15, 0.2) is 0 Å². The van der Waals surface area contributed by atoms with Crippen LogP contribution >= 0.6 is 0 Å². The minimum Gasteiger partial charge on any atom is -0.467 e. The average Bonchev–Trinajstić information content (AvgIpc) is 2.69. The number of esters is 1. The van der Waals surface area contributed by atoms with Gasteiger partial charge >= 0.3 is 12.1 Å². The van der Waals surface area contributed by atoms with Crippen molar-refractivity contribution in [1.82, 2.24) is 5.32 Å². The number of alkyl carbamates (subject to hydrolysis) is 1. The van der Waals surface area contributed by atoms with Crippen LogP contribution in [0.4, 0.5) is 4.79 Å². The van der Waals surface area contributed by atoms with E-state index in [4.69, 9.17) is 9.47 Å². The summed E-state index contributed by atoms with van der Waals surface area (Å²) in [4.78, 5) is 24.8. The van der Waals surface area contributed by atoms with Gasteiger partial charge in [-0.05, 0) is 18.9 Å². The molecule has 0 spiro atoms. The second-order valence-corrected chi connectivity index (χ2v) is 12.5. The standard InChI is InChI=1S/C22H37NO4Si/c1-6-8-9-10-14-17-19(28(4,5)18-15-12-11-13-16-18)20(21(24)26-3)23-22(25)27-7-2/h11-13,15-16,19-20H,6-10,14,17H2,1-5H3,(H,23,25)/t19-,20-/m1/s1. The van der Waals surface area contributed by atoms with E-state index in [-0.39, 0.29) is 12.1 Å². The summed E-state index contributed by atoms with van der Waals surface area (Å²) in [6, 6.07) is 9.65. The number of amides is 1. The SMILES string of the molecule is CCCCCCC[C@H]([C@@H](NC(=O)OCC)C(=O)OC)[Si](C)(C)c1ccccc1. The quantitative estimate of drug-likeness (QED) is 0.312. The van der Waals surface area contributed by atoms with Gasteiger partial charge in [-0.2, -0.15) is 0 Å². The molecule has 0 bridgehead atoms. The fraction of sp³-hybridized carbons (Fsp3) is 0.636. The molecule has 1 rings (SSSR count). The van der Waals surface area contributed by atoms with E-state index in [1.807, 2.05) is 18.2 Å². The van der Waals surface area contributed by atoms with Crippen LogP contribution in [0.15, 0.2) is 30.3 Å². The summed E-state index contributed by atoms with van der Waals surface area (Å²) < 4.78 is 10.1. The smallest absolute Gasteiger partial charge is 0.407 e. The van der Waals surface area contributed by atoms with Gasteiger partial charge in [-0.3, -0.25) is 0 Å². The van der Waals surface area contributed by atoms with Crippen molar-refractivity contribution in [3.05, 3.63) is 30.3 Å². The van der Waals surface area contributed by atoms with E-state index in [1.54, 1.807) is 6.92 Å². The molecule has 0 saturated carbocycles. The summed E-state index contributed by atoms with van der Waals surface area (Å²) in [5, 5.41) is 4.07. The lowest BCUT2D eigenvalue weighted by Crippen LogP contribution is -2.57. The number of carbonyl (C=O) groups excluding carboxylic acids is 2. The Morgan fingerprint density at radius 3 is 2.25 bits per heavy atom. The van der Waals surface area contributed by atoms with Gasteiger partial charge in [0.05, 0.1) is 21.8 Å². The van der Waals surface area contributed by atoms with Gasteiger partial charge in [0, 0.05) is 0 Å². The number of rotatable bonds is 12. The van der Waals surface area contributed by atoms with Crippen molar-refractivity contribution in [2.24, 2.45) is 0 Å². The van der Waals surface area contributed by atoms with Gasteiger partial charge in [-0.15, -0.1) is 0 Å². The maximum Gasteiger partial charge on any atom is 0.407 e. The molecule has 28 heavy (non-hydrogen) atoms. The third-order valence-corrected chi connectivity index (χ3v) is 9.77. The van der Waals surface area contributed by atoms with Crippen LogP contribution in [0.5, 0.6) is 0 Å². The van der Waals surface area contributed by atoms with E-state index in [0.717, 1.165) is 19.3 Å². The van der Waals surface area contributed by atoms with Crippen LogP contribution in [0.2, 0.25) is 18.6 Å². The van der Waals surface area contributed by atoms with E-state index in [0.29, 0.717) is 0 Å². The highest BCUT2D eigenvalue weighted by atomic mass is 28.3. The van der Waals surface area contributed by atoms with Crippen molar-refractivity contribution < 1.29 is 19.1 Å². The molecule has 1 aromatic rings. The fourth-order valence-electron chi connectivity index (χ4n) is 3.74. The first kappa shape index (κ1) is 24.2. The number of methoxy groups -OCH3 is 1. The fourth-order valence-corrected chi connectivity index (χ4v) is 7.20. The lowest BCUT2D eigenvalue weighted by Gasteiger charge is -2.37. The van der Waals surface area contributed by atoms with Crippen molar-refractivity contribution in [2.45, 2.75) is 77.0 Å². The van der Waals surface area contributed by atoms with Crippen LogP contribution in [0, 0.1) is 0 Å². The molecule has 1 amide bonds. The Kier molecular flexibility index (Phi) is 10.9. The van der Waals surface area contributed by atoms with Crippen molar-refractivity contribution in [3.8, 4) is 0 Å². The molecular weight excluding hydrogens is 370 g/mol. The van der Waals surface area contributed by atoms with E-state index < -0.39 is 26.2 Å². The van der Waals surface area contributed by atoms with Crippen molar-refractivity contribution in [1.29, 1.82) is 0 Å². The molecular formula is C22H37NO4Si. The molecule has 0 aromatic heterocycles. The van der Waals surface area contributed by atoms with Crippen LogP contribution in [-0.4, -0.2) is 39.9 Å². The Morgan fingerprint density at radius 1 is 1.04 bits per heavy atom. The molecule has 2 atom stereocenters. The van der Waals surface area contributed by atoms with Crippen molar-refractivity contribution >= 4 is 25.3 Å². The zero-order valence-electron chi connectivity index (χ0n) is 18.1. The van der Waals surface area contributed by atoms with E-state index in [2.05, 4.69) is 37.5 Å². The summed E-state index contributed by atoms with van der Waals surface area (Å²) in [7, 11) is -0.708. The van der Waals surface area contributed by atoms with Gasteiger partial charge in [-0.1, -0.05) is 87.6 Å². The Bertz CT molecular complexity index is 591. The summed E-state index contributed by atoms with van der Waals surface area (Å²) in [6.45, 7) is 8.75. The first-order chi connectivity index (χ1) is 13.4. The molecule has 5 nitrogen and oxygen atoms in total. The maximum absolute atomic E-state index is 12.6. The highest BCUT2D eigenvalue weighted by Crippen LogP contribution is 2.32.